The third kappa shape index (κ3) is 3.05. The molecule has 1 aromatic heterocycles. The number of aromatic nitrogens is 1. The molecule has 0 aliphatic carbocycles. The van der Waals surface area contributed by atoms with E-state index in [4.69, 9.17) is 0 Å². The van der Waals surface area contributed by atoms with Crippen molar-refractivity contribution < 1.29 is 0 Å². The van der Waals surface area contributed by atoms with Crippen LogP contribution in [-0.2, 0) is 6.54 Å². The number of likely N-dealkylation sites (tertiary alicyclic amines) is 1. The van der Waals surface area contributed by atoms with Gasteiger partial charge in [0.15, 0.2) is 0 Å². The molecule has 20 heavy (non-hydrogen) atoms. The molecule has 0 bridgehead atoms. The molecule has 108 valence electrons. The second kappa shape index (κ2) is 5.58. The third-order valence-corrected chi connectivity index (χ3v) is 4.69. The summed E-state index contributed by atoms with van der Waals surface area (Å²) in [4.78, 5) is 5.71. The molecule has 0 spiro atoms. The number of fused-ring (bicyclic) bond motifs is 1. The van der Waals surface area contributed by atoms with Crippen molar-refractivity contribution in [3.63, 3.8) is 0 Å². The summed E-state index contributed by atoms with van der Waals surface area (Å²) in [6.45, 7) is 6.95. The van der Waals surface area contributed by atoms with Gasteiger partial charge >= 0.3 is 0 Å². The van der Waals surface area contributed by atoms with Gasteiger partial charge in [0.05, 0.1) is 0 Å². The van der Waals surface area contributed by atoms with Crippen molar-refractivity contribution in [2.45, 2.75) is 26.3 Å². The molecule has 1 fully saturated rings. The van der Waals surface area contributed by atoms with E-state index in [0.717, 1.165) is 13.1 Å². The fourth-order valence-corrected chi connectivity index (χ4v) is 3.05. The number of H-pyrrole nitrogens is 1. The lowest BCUT2D eigenvalue weighted by atomic mass is 9.80. The maximum absolute atomic E-state index is 3.65. The van der Waals surface area contributed by atoms with Crippen molar-refractivity contribution in [3.8, 4) is 0 Å². The number of piperidine rings is 1. The van der Waals surface area contributed by atoms with Crippen molar-refractivity contribution in [1.82, 2.24) is 15.2 Å². The first-order valence-electron chi connectivity index (χ1n) is 7.60. The zero-order chi connectivity index (χ0) is 14.0. The Kier molecular flexibility index (Phi) is 3.81. The Bertz CT molecular complexity index is 564. The van der Waals surface area contributed by atoms with Gasteiger partial charge in [-0.1, -0.05) is 19.1 Å². The van der Waals surface area contributed by atoms with E-state index >= 15 is 0 Å². The van der Waals surface area contributed by atoms with Crippen molar-refractivity contribution >= 4 is 10.9 Å². The molecular formula is C17H25N3. The molecule has 2 aromatic rings. The summed E-state index contributed by atoms with van der Waals surface area (Å²) in [5, 5.41) is 4.94. The first kappa shape index (κ1) is 13.7. The van der Waals surface area contributed by atoms with Crippen LogP contribution in [0.4, 0.5) is 0 Å². The second-order valence-corrected chi connectivity index (χ2v) is 6.62. The average Bonchev–Trinajstić information content (AvgIpc) is 2.90. The van der Waals surface area contributed by atoms with Crippen LogP contribution >= 0.6 is 0 Å². The third-order valence-electron chi connectivity index (χ3n) is 4.69. The zero-order valence-corrected chi connectivity index (χ0v) is 12.6. The summed E-state index contributed by atoms with van der Waals surface area (Å²) in [6.07, 6.45) is 4.60. The van der Waals surface area contributed by atoms with Gasteiger partial charge in [-0.05, 0) is 61.5 Å². The van der Waals surface area contributed by atoms with E-state index in [-0.39, 0.29) is 0 Å². The monoisotopic (exact) mass is 271 g/mol. The van der Waals surface area contributed by atoms with Crippen LogP contribution in [0, 0.1) is 5.41 Å². The standard InChI is InChI=1S/C17H25N3/c1-17(6-9-20(2)10-7-17)13-18-12-14-3-4-15-5-8-19-16(15)11-14/h3-5,8,11,18-19H,6-7,9-10,12-13H2,1-2H3. The van der Waals surface area contributed by atoms with Gasteiger partial charge in [0, 0.05) is 24.8 Å². The van der Waals surface area contributed by atoms with Crippen LogP contribution in [0.15, 0.2) is 30.5 Å². The lowest BCUT2D eigenvalue weighted by molar-refractivity contribution is 0.137. The van der Waals surface area contributed by atoms with Crippen LogP contribution < -0.4 is 5.32 Å². The minimum Gasteiger partial charge on any atom is -0.361 e. The number of hydrogen-bond donors (Lipinski definition) is 2. The second-order valence-electron chi connectivity index (χ2n) is 6.62. The molecule has 1 saturated heterocycles. The molecular weight excluding hydrogens is 246 g/mol. The topological polar surface area (TPSA) is 31.1 Å². The molecule has 3 rings (SSSR count). The maximum Gasteiger partial charge on any atom is 0.0457 e. The molecule has 1 aliphatic heterocycles. The molecule has 1 aliphatic rings. The highest BCUT2D eigenvalue weighted by Crippen LogP contribution is 2.29. The maximum atomic E-state index is 3.65. The summed E-state index contributed by atoms with van der Waals surface area (Å²) in [7, 11) is 2.22. The minimum absolute atomic E-state index is 0.461. The van der Waals surface area contributed by atoms with Crippen molar-refractivity contribution in [3.05, 3.63) is 36.0 Å². The normalized spacial score (nSPS) is 19.5. The van der Waals surface area contributed by atoms with Gasteiger partial charge in [-0.25, -0.2) is 0 Å². The Morgan fingerprint density at radius 3 is 2.85 bits per heavy atom. The molecule has 2 N–H and O–H groups in total. The van der Waals surface area contributed by atoms with Gasteiger partial charge in [-0.2, -0.15) is 0 Å². The lowest BCUT2D eigenvalue weighted by Gasteiger charge is -2.38. The molecule has 3 heteroatoms. The van der Waals surface area contributed by atoms with Crippen LogP contribution in [0.25, 0.3) is 10.9 Å². The summed E-state index contributed by atoms with van der Waals surface area (Å²) in [6, 6.07) is 8.78. The van der Waals surface area contributed by atoms with E-state index in [2.05, 4.69) is 53.4 Å². The molecule has 0 radical (unpaired) electrons. The number of aromatic amines is 1. The first-order valence-corrected chi connectivity index (χ1v) is 7.60. The van der Waals surface area contributed by atoms with Crippen LogP contribution in [-0.4, -0.2) is 36.6 Å². The van der Waals surface area contributed by atoms with Crippen molar-refractivity contribution in [2.75, 3.05) is 26.7 Å². The first-order chi connectivity index (χ1) is 9.65. The van der Waals surface area contributed by atoms with E-state index < -0.39 is 0 Å². The summed E-state index contributed by atoms with van der Waals surface area (Å²) in [5.74, 6) is 0. The highest BCUT2D eigenvalue weighted by Gasteiger charge is 2.28. The molecule has 0 saturated carbocycles. The van der Waals surface area contributed by atoms with Crippen LogP contribution in [0.2, 0.25) is 0 Å². The Labute approximate surface area is 121 Å². The van der Waals surface area contributed by atoms with Gasteiger partial charge in [0.25, 0.3) is 0 Å². The Morgan fingerprint density at radius 1 is 1.25 bits per heavy atom. The predicted octanol–water partition coefficient (Wildman–Crippen LogP) is 2.99. The van der Waals surface area contributed by atoms with E-state index in [9.17, 15) is 0 Å². The van der Waals surface area contributed by atoms with Gasteiger partial charge in [0.1, 0.15) is 0 Å². The minimum atomic E-state index is 0.461. The zero-order valence-electron chi connectivity index (χ0n) is 12.6. The van der Waals surface area contributed by atoms with Crippen LogP contribution in [0.5, 0.6) is 0 Å². The summed E-state index contributed by atoms with van der Waals surface area (Å²) < 4.78 is 0. The largest absolute Gasteiger partial charge is 0.361 e. The smallest absolute Gasteiger partial charge is 0.0457 e. The Balaban J connectivity index is 1.54. The average molecular weight is 271 g/mol. The van der Waals surface area contributed by atoms with E-state index in [1.54, 1.807) is 0 Å². The predicted molar refractivity (Wildman–Crippen MR) is 84.8 cm³/mol. The van der Waals surface area contributed by atoms with Gasteiger partial charge in [-0.15, -0.1) is 0 Å². The van der Waals surface area contributed by atoms with Crippen molar-refractivity contribution in [2.24, 2.45) is 5.41 Å². The SMILES string of the molecule is CN1CCC(C)(CNCc2ccc3cc[nH]c3c2)CC1. The number of nitrogens with zero attached hydrogens (tertiary/aromatic N) is 1. The van der Waals surface area contributed by atoms with Crippen LogP contribution in [0.3, 0.4) is 0 Å². The van der Waals surface area contributed by atoms with E-state index in [0.29, 0.717) is 5.41 Å². The number of hydrogen-bond acceptors (Lipinski definition) is 2. The highest BCUT2D eigenvalue weighted by atomic mass is 15.1. The van der Waals surface area contributed by atoms with E-state index in [1.807, 2.05) is 6.20 Å². The lowest BCUT2D eigenvalue weighted by Crippen LogP contribution is -2.41. The molecule has 0 amide bonds. The summed E-state index contributed by atoms with van der Waals surface area (Å²) in [5.41, 5.74) is 3.05. The molecule has 0 atom stereocenters. The number of nitrogens with one attached hydrogen (secondary N) is 2. The molecule has 1 aromatic carbocycles. The Hall–Kier alpha value is -1.32. The van der Waals surface area contributed by atoms with Gasteiger partial charge < -0.3 is 15.2 Å². The molecule has 3 nitrogen and oxygen atoms in total. The van der Waals surface area contributed by atoms with Crippen LogP contribution in [0.1, 0.15) is 25.3 Å². The Morgan fingerprint density at radius 2 is 2.05 bits per heavy atom. The number of benzene rings is 1. The molecule has 2 heterocycles. The van der Waals surface area contributed by atoms with Gasteiger partial charge in [-0.3, -0.25) is 0 Å². The number of rotatable bonds is 4. The van der Waals surface area contributed by atoms with E-state index in [1.165, 1.54) is 42.4 Å². The molecule has 0 unspecified atom stereocenters. The summed E-state index contributed by atoms with van der Waals surface area (Å²) >= 11 is 0. The fourth-order valence-electron chi connectivity index (χ4n) is 3.05. The van der Waals surface area contributed by atoms with Gasteiger partial charge in [0.2, 0.25) is 0 Å². The van der Waals surface area contributed by atoms with Crippen molar-refractivity contribution in [1.29, 1.82) is 0 Å². The highest BCUT2D eigenvalue weighted by molar-refractivity contribution is 5.79. The fraction of sp³-hybridized carbons (Fsp3) is 0.529. The quantitative estimate of drug-likeness (QED) is 0.895.